The highest BCUT2D eigenvalue weighted by Gasteiger charge is 2.56. The summed E-state index contributed by atoms with van der Waals surface area (Å²) in [7, 11) is 1.30. The van der Waals surface area contributed by atoms with Crippen LogP contribution in [0.15, 0.2) is 36.4 Å². The number of ether oxygens (including phenoxy) is 5. The minimum Gasteiger partial charge on any atom is -0.508 e. The van der Waals surface area contributed by atoms with Crippen molar-refractivity contribution < 1.29 is 87.9 Å². The van der Waals surface area contributed by atoms with Gasteiger partial charge < -0.3 is 65.0 Å². The van der Waals surface area contributed by atoms with E-state index in [1.807, 2.05) is 6.07 Å². The quantitative estimate of drug-likeness (QED) is 0.0473. The van der Waals surface area contributed by atoms with Crippen molar-refractivity contribution in [2.24, 2.45) is 17.3 Å². The zero-order valence-corrected chi connectivity index (χ0v) is 42.2. The average molecular weight is 1040 g/mol. The number of phenols is 3. The Morgan fingerprint density at radius 1 is 0.813 bits per heavy atom. The summed E-state index contributed by atoms with van der Waals surface area (Å²) >= 11 is 0. The first-order valence-corrected chi connectivity index (χ1v) is 25.6. The van der Waals surface area contributed by atoms with Crippen LogP contribution < -0.4 is 15.4 Å². The van der Waals surface area contributed by atoms with Crippen LogP contribution in [0.1, 0.15) is 164 Å². The van der Waals surface area contributed by atoms with E-state index in [4.69, 9.17) is 23.7 Å². The van der Waals surface area contributed by atoms with Gasteiger partial charge in [-0.1, -0.05) is 25.1 Å². The van der Waals surface area contributed by atoms with Crippen molar-refractivity contribution >= 4 is 41.1 Å². The number of hydrogen-bond acceptors (Lipinski definition) is 18. The van der Waals surface area contributed by atoms with E-state index in [2.05, 4.69) is 17.6 Å². The summed E-state index contributed by atoms with van der Waals surface area (Å²) in [5, 5.41) is 73.1. The Morgan fingerprint density at radius 3 is 2.17 bits per heavy atom. The van der Waals surface area contributed by atoms with E-state index in [0.29, 0.717) is 12.3 Å². The first kappa shape index (κ1) is 53.4. The number of nitrogens with one attached hydrogen (secondary N) is 2. The molecule has 1 heterocycles. The molecule has 3 aromatic carbocycles. The summed E-state index contributed by atoms with van der Waals surface area (Å²) < 4.78 is 27.9. The second-order valence-electron chi connectivity index (χ2n) is 21.3. The van der Waals surface area contributed by atoms with Gasteiger partial charge in [-0.3, -0.25) is 33.6 Å². The number of benzene rings is 3. The van der Waals surface area contributed by atoms with E-state index in [1.54, 1.807) is 12.1 Å². The largest absolute Gasteiger partial charge is 0.508 e. The van der Waals surface area contributed by atoms with Crippen molar-refractivity contribution in [2.75, 3.05) is 20.3 Å². The number of aromatic hydroxyl groups is 3. The fourth-order valence-electron chi connectivity index (χ4n) is 12.9. The highest BCUT2D eigenvalue weighted by atomic mass is 16.7. The molecule has 0 bridgehead atoms. The summed E-state index contributed by atoms with van der Waals surface area (Å²) in [6.45, 7) is 4.17. The monoisotopic (exact) mass is 1040 g/mol. The van der Waals surface area contributed by atoms with Gasteiger partial charge >= 0.3 is 11.9 Å². The smallest absolute Gasteiger partial charge is 0.306 e. The van der Waals surface area contributed by atoms with Gasteiger partial charge in [-0.05, 0) is 98.4 Å². The number of carbonyl (C=O) groups is 7. The van der Waals surface area contributed by atoms with Crippen LogP contribution in [0, 0.1) is 17.3 Å². The first-order valence-electron chi connectivity index (χ1n) is 25.6. The number of amides is 2. The summed E-state index contributed by atoms with van der Waals surface area (Å²) in [6, 6.07) is 8.21. The molecular formula is C55H64N2O18. The minimum absolute atomic E-state index is 0.0531. The zero-order valence-electron chi connectivity index (χ0n) is 42.2. The van der Waals surface area contributed by atoms with Gasteiger partial charge in [-0.2, -0.15) is 0 Å². The number of Topliss-reactive ketones (excluding diaryl/α,β-unsaturated/α-hetero) is 1. The van der Waals surface area contributed by atoms with Crippen LogP contribution >= 0.6 is 0 Å². The Balaban J connectivity index is 0.748. The molecule has 6 aliphatic rings. The molecule has 20 heteroatoms. The van der Waals surface area contributed by atoms with Gasteiger partial charge in [0, 0.05) is 48.8 Å². The molecule has 8 N–H and O–H groups in total. The number of fused-ring (bicyclic) bond motifs is 8. The number of phenolic OH excluding ortho intramolecular Hbond substituents is 3. The maximum Gasteiger partial charge on any atom is 0.306 e. The van der Waals surface area contributed by atoms with Crippen LogP contribution in [0.2, 0.25) is 0 Å². The van der Waals surface area contributed by atoms with E-state index in [1.165, 1.54) is 32.2 Å². The molecule has 402 valence electrons. The van der Waals surface area contributed by atoms with Crippen molar-refractivity contribution in [3.05, 3.63) is 80.9 Å². The minimum atomic E-state index is -2.16. The number of carbonyl (C=O) groups excluding carboxylic acids is 7. The topological polar surface area (TPSA) is 311 Å². The van der Waals surface area contributed by atoms with E-state index in [0.717, 1.165) is 43.7 Å². The average Bonchev–Trinajstić information content (AvgIpc) is 3.68. The molecule has 0 aromatic heterocycles. The summed E-state index contributed by atoms with van der Waals surface area (Å²) in [6.07, 6.45) is -3.58. The van der Waals surface area contributed by atoms with Crippen LogP contribution in [0.25, 0.3) is 0 Å². The maximum atomic E-state index is 14.0. The standard InChI is InChI=1S/C55H64N2O18/c1-25-49(65)36(22-44(74-25)75-38-24-55(70,26(2)58)23-33-46(38)53(69)48-47(51(33)67)50(66)30-6-5-7-37(71-4)45(30)52(48)68)57-41(62)13-15-43(64)73-19-18-72-42(63)14-12-40(61)56-35-21-31-29(28-9-8-27(59)20-32(28)35)16-17-54(3)34(31)10-11-39(54)60/h5-9,20,25,29,31,34-36,38-39,44,49,59-60,65,67,69-70H,10-19,21-24H2,1-4H3,(H,56,61)(H,57,62)/t25-,29+,31+,34-,35?,36-,38-,39-,44-,49+,54-,55-/m0/s1. The summed E-state index contributed by atoms with van der Waals surface area (Å²) in [5.74, 6) is -5.31. The number of rotatable bonds is 15. The molecule has 0 spiro atoms. The van der Waals surface area contributed by atoms with Gasteiger partial charge in [0.2, 0.25) is 17.6 Å². The first-order chi connectivity index (χ1) is 35.6. The molecule has 20 nitrogen and oxygen atoms in total. The molecule has 0 radical (unpaired) electrons. The number of aliphatic hydroxyl groups excluding tert-OH is 2. The number of ketones is 3. The Hall–Kier alpha value is -6.45. The fourth-order valence-corrected chi connectivity index (χ4v) is 12.9. The molecule has 2 amide bonds. The molecule has 1 aliphatic heterocycles. The van der Waals surface area contributed by atoms with Crippen LogP contribution in [0.5, 0.6) is 23.0 Å². The number of aliphatic hydroxyl groups is 3. The van der Waals surface area contributed by atoms with E-state index in [-0.39, 0.29) is 114 Å². The number of methoxy groups -OCH3 is 1. The van der Waals surface area contributed by atoms with Crippen molar-refractivity contribution in [3.8, 4) is 23.0 Å². The Kier molecular flexibility index (Phi) is 14.9. The van der Waals surface area contributed by atoms with E-state index < -0.39 is 107 Å². The van der Waals surface area contributed by atoms with Gasteiger partial charge in [-0.15, -0.1) is 0 Å². The van der Waals surface area contributed by atoms with Crippen LogP contribution in [0.4, 0.5) is 0 Å². The molecule has 1 saturated heterocycles. The lowest BCUT2D eigenvalue weighted by Gasteiger charge is -2.51. The third-order valence-electron chi connectivity index (χ3n) is 16.9. The number of esters is 2. The molecule has 1 unspecified atom stereocenters. The van der Waals surface area contributed by atoms with Crippen LogP contribution in [0.3, 0.4) is 0 Å². The second-order valence-corrected chi connectivity index (χ2v) is 21.3. The normalized spacial score (nSPS) is 30.3. The van der Waals surface area contributed by atoms with Gasteiger partial charge in [0.25, 0.3) is 0 Å². The molecule has 3 fully saturated rings. The lowest BCUT2D eigenvalue weighted by Crippen LogP contribution is -2.55. The van der Waals surface area contributed by atoms with Crippen molar-refractivity contribution in [3.63, 3.8) is 0 Å². The molecule has 3 aromatic rings. The predicted molar refractivity (Wildman–Crippen MR) is 261 cm³/mol. The van der Waals surface area contributed by atoms with Gasteiger partial charge in [-0.25, -0.2) is 0 Å². The Labute approximate surface area is 432 Å². The molecule has 75 heavy (non-hydrogen) atoms. The lowest BCUT2D eigenvalue weighted by molar-refractivity contribution is -0.249. The molecule has 2 saturated carbocycles. The van der Waals surface area contributed by atoms with Crippen molar-refractivity contribution in [1.82, 2.24) is 10.6 Å². The molecule has 12 atom stereocenters. The highest BCUT2D eigenvalue weighted by molar-refractivity contribution is 6.31. The summed E-state index contributed by atoms with van der Waals surface area (Å²) in [4.78, 5) is 92.3. The maximum absolute atomic E-state index is 14.0. The SMILES string of the molecule is COc1cccc2c1C(=O)c1c(O)c3c(c(O)c1C2=O)C[C@@](O)(C(C)=O)C[C@@H]3O[C@H]1C[C@H](NC(=O)CCC(=O)OCCOC(=O)CCC(=O)NC2C[C@@H]3[C@H](CC[C@]4(C)[C@@H](O)CC[C@@H]34)c3ccc(O)cc32)[C@H](O)[C@H](C)O1. The van der Waals surface area contributed by atoms with E-state index in [9.17, 15) is 64.2 Å². The predicted octanol–water partition coefficient (Wildman–Crippen LogP) is 4.07. The van der Waals surface area contributed by atoms with Crippen LogP contribution in [-0.2, 0) is 49.3 Å². The molecule has 5 aliphatic carbocycles. The van der Waals surface area contributed by atoms with Crippen molar-refractivity contribution in [1.29, 1.82) is 0 Å². The molecule has 9 rings (SSSR count). The third kappa shape index (κ3) is 9.98. The fraction of sp³-hybridized carbons (Fsp3) is 0.545. The Morgan fingerprint density at radius 2 is 1.49 bits per heavy atom. The van der Waals surface area contributed by atoms with Gasteiger partial charge in [0.15, 0.2) is 17.9 Å². The molecular weight excluding hydrogens is 977 g/mol. The lowest BCUT2D eigenvalue weighted by atomic mass is 9.54. The zero-order chi connectivity index (χ0) is 53.8. The number of hydrogen-bond donors (Lipinski definition) is 8. The second kappa shape index (κ2) is 20.9. The highest BCUT2D eigenvalue weighted by Crippen LogP contribution is 2.62. The van der Waals surface area contributed by atoms with Crippen molar-refractivity contribution in [2.45, 2.75) is 152 Å². The van der Waals surface area contributed by atoms with Gasteiger partial charge in [0.1, 0.15) is 47.9 Å². The summed E-state index contributed by atoms with van der Waals surface area (Å²) in [5.41, 5.74) is -2.01. The van der Waals surface area contributed by atoms with Crippen LogP contribution in [-0.4, -0.2) is 128 Å². The Bertz CT molecular complexity index is 2830. The van der Waals surface area contributed by atoms with E-state index >= 15 is 0 Å². The third-order valence-corrected chi connectivity index (χ3v) is 16.9. The van der Waals surface area contributed by atoms with Gasteiger partial charge in [0.05, 0.1) is 67.0 Å².